The monoisotopic (exact) mass is 975 g/mol. The molecule has 8 heteroatoms. The lowest BCUT2D eigenvalue weighted by Crippen LogP contribution is -2.15. The number of allylic oxidation sites excluding steroid dienone is 1. The van der Waals surface area contributed by atoms with Crippen LogP contribution in [0.3, 0.4) is 0 Å². The van der Waals surface area contributed by atoms with Crippen LogP contribution in [0.1, 0.15) is 35.1 Å². The summed E-state index contributed by atoms with van der Waals surface area (Å²) in [5, 5.41) is 8.58. The van der Waals surface area contributed by atoms with Crippen LogP contribution in [0, 0.1) is 0 Å². The maximum absolute atomic E-state index is 6.22. The summed E-state index contributed by atoms with van der Waals surface area (Å²) in [6.07, 6.45) is 7.35. The zero-order valence-electron chi connectivity index (χ0n) is 42.7. The Morgan fingerprint density at radius 3 is 1.31 bits per heavy atom. The van der Waals surface area contributed by atoms with Crippen LogP contribution in [0.25, 0.3) is 99.0 Å². The number of hydrogen-bond acceptors (Lipinski definition) is 8. The number of pyridine rings is 1. The van der Waals surface area contributed by atoms with Crippen LogP contribution < -0.4 is 33.2 Å². The van der Waals surface area contributed by atoms with E-state index in [2.05, 4.69) is 128 Å². The highest BCUT2D eigenvalue weighted by atomic mass is 16.5. The quantitative estimate of drug-likeness (QED) is 0.0606. The molecule has 0 bridgehead atoms. The molecular formula is C66H57NO7. The molecule has 0 aliphatic heterocycles. The number of hydrogen-bond donors (Lipinski definition) is 0. The summed E-state index contributed by atoms with van der Waals surface area (Å²) >= 11 is 0. The van der Waals surface area contributed by atoms with E-state index in [0.29, 0.717) is 29.6 Å². The number of methoxy groups -OCH3 is 6. The van der Waals surface area contributed by atoms with Crippen molar-refractivity contribution in [1.29, 1.82) is 0 Å². The average Bonchev–Trinajstić information content (AvgIpc) is 3.46. The molecular weight excluding hydrogens is 919 g/mol. The third kappa shape index (κ3) is 7.88. The predicted octanol–water partition coefficient (Wildman–Crippen LogP) is 15.6. The SMILES string of the molecule is C=CCCCOc1ccc(-c2c3c(nc4c2CCc2ccc(-c5cc6ccc(OC)cc6c6cc(OC)c(OC)cc56)cc2-4)-c2cc(-c4cc5ccc(OC)cc5c5cc(OC)c(OC)cc45)ccc2CC3)cc1. The number of fused-ring (bicyclic) bond motifs is 12. The molecule has 0 N–H and O–H groups in total. The summed E-state index contributed by atoms with van der Waals surface area (Å²) in [5.41, 5.74) is 16.3. The van der Waals surface area contributed by atoms with E-state index < -0.39 is 0 Å². The van der Waals surface area contributed by atoms with E-state index in [1.165, 1.54) is 33.4 Å². The van der Waals surface area contributed by atoms with E-state index in [0.717, 1.165) is 144 Å². The smallest absolute Gasteiger partial charge is 0.161 e. The molecule has 0 saturated heterocycles. The van der Waals surface area contributed by atoms with Crippen LogP contribution in [0.15, 0.2) is 146 Å². The molecule has 1 heterocycles. The number of aromatic nitrogens is 1. The number of unbranched alkanes of at least 4 members (excludes halogenated alkanes) is 1. The molecule has 10 aromatic rings. The van der Waals surface area contributed by atoms with Gasteiger partial charge in [0.1, 0.15) is 17.2 Å². The van der Waals surface area contributed by atoms with Crippen molar-refractivity contribution in [2.75, 3.05) is 49.3 Å². The second-order valence-electron chi connectivity index (χ2n) is 19.2. The Bertz CT molecular complexity index is 3670. The minimum Gasteiger partial charge on any atom is -0.497 e. The van der Waals surface area contributed by atoms with Crippen molar-refractivity contribution in [3.05, 3.63) is 168 Å². The van der Waals surface area contributed by atoms with Gasteiger partial charge in [-0.2, -0.15) is 0 Å². The molecule has 9 aromatic carbocycles. The first kappa shape index (κ1) is 46.6. The van der Waals surface area contributed by atoms with Gasteiger partial charge in [0.2, 0.25) is 0 Å². The van der Waals surface area contributed by atoms with Crippen molar-refractivity contribution in [3.8, 4) is 96.1 Å². The van der Waals surface area contributed by atoms with Crippen LogP contribution in [0.4, 0.5) is 0 Å². The van der Waals surface area contributed by atoms with Crippen molar-refractivity contribution in [3.63, 3.8) is 0 Å². The van der Waals surface area contributed by atoms with Gasteiger partial charge in [-0.15, -0.1) is 6.58 Å². The van der Waals surface area contributed by atoms with Gasteiger partial charge in [-0.05, 0) is 222 Å². The Morgan fingerprint density at radius 1 is 0.419 bits per heavy atom. The maximum Gasteiger partial charge on any atom is 0.161 e. The van der Waals surface area contributed by atoms with E-state index in [1.54, 1.807) is 42.7 Å². The summed E-state index contributed by atoms with van der Waals surface area (Å²) in [4.78, 5) is 5.90. The van der Waals surface area contributed by atoms with Gasteiger partial charge in [0.15, 0.2) is 23.0 Å². The summed E-state index contributed by atoms with van der Waals surface area (Å²) in [5.74, 6) is 5.15. The fourth-order valence-corrected chi connectivity index (χ4v) is 11.6. The molecule has 2 aliphatic carbocycles. The minimum absolute atomic E-state index is 0.645. The van der Waals surface area contributed by atoms with Crippen LogP contribution in [-0.2, 0) is 25.7 Å². The average molecular weight is 976 g/mol. The van der Waals surface area contributed by atoms with E-state index in [-0.39, 0.29) is 0 Å². The van der Waals surface area contributed by atoms with Crippen LogP contribution in [0.2, 0.25) is 0 Å². The second-order valence-corrected chi connectivity index (χ2v) is 19.2. The Labute approximate surface area is 431 Å². The highest BCUT2D eigenvalue weighted by Crippen LogP contribution is 2.50. The van der Waals surface area contributed by atoms with Crippen molar-refractivity contribution in [2.24, 2.45) is 0 Å². The first-order valence-electron chi connectivity index (χ1n) is 25.3. The fraction of sp³-hybridized carbons (Fsp3) is 0.197. The number of rotatable bonds is 14. The van der Waals surface area contributed by atoms with Gasteiger partial charge >= 0.3 is 0 Å². The second kappa shape index (κ2) is 19.2. The molecule has 0 amide bonds. The fourth-order valence-electron chi connectivity index (χ4n) is 11.6. The summed E-state index contributed by atoms with van der Waals surface area (Å²) in [6, 6.07) is 48.1. The largest absolute Gasteiger partial charge is 0.497 e. The van der Waals surface area contributed by atoms with E-state index in [4.69, 9.17) is 38.1 Å². The lowest BCUT2D eigenvalue weighted by atomic mass is 9.77. The van der Waals surface area contributed by atoms with Gasteiger partial charge in [-0.1, -0.05) is 54.6 Å². The van der Waals surface area contributed by atoms with Crippen LogP contribution in [-0.4, -0.2) is 54.2 Å². The molecule has 8 nitrogen and oxygen atoms in total. The topological polar surface area (TPSA) is 77.5 Å². The Kier molecular flexibility index (Phi) is 12.1. The Balaban J connectivity index is 1.07. The zero-order valence-corrected chi connectivity index (χ0v) is 42.7. The molecule has 0 unspecified atom stereocenters. The molecule has 0 fully saturated rings. The number of aryl methyl sites for hydroxylation is 2. The summed E-state index contributed by atoms with van der Waals surface area (Å²) < 4.78 is 41.2. The van der Waals surface area contributed by atoms with Gasteiger partial charge in [0.05, 0.1) is 60.7 Å². The normalized spacial score (nSPS) is 12.5. The predicted molar refractivity (Wildman–Crippen MR) is 300 cm³/mol. The molecule has 0 spiro atoms. The van der Waals surface area contributed by atoms with Crippen LogP contribution >= 0.6 is 0 Å². The maximum atomic E-state index is 6.22. The molecule has 0 atom stereocenters. The minimum atomic E-state index is 0.645. The van der Waals surface area contributed by atoms with E-state index in [1.807, 2.05) is 18.2 Å². The first-order chi connectivity index (χ1) is 36.3. The third-order valence-electron chi connectivity index (χ3n) is 15.3. The lowest BCUT2D eigenvalue weighted by Gasteiger charge is -2.30. The number of nitrogens with zero attached hydrogens (tertiary/aromatic N) is 1. The van der Waals surface area contributed by atoms with Crippen molar-refractivity contribution < 1.29 is 33.2 Å². The molecule has 12 rings (SSSR count). The van der Waals surface area contributed by atoms with Crippen molar-refractivity contribution in [1.82, 2.24) is 4.98 Å². The number of ether oxygens (including phenoxy) is 7. The highest BCUT2D eigenvalue weighted by Gasteiger charge is 2.30. The Morgan fingerprint density at radius 2 is 0.865 bits per heavy atom. The molecule has 368 valence electrons. The zero-order chi connectivity index (χ0) is 50.6. The van der Waals surface area contributed by atoms with Gasteiger partial charge < -0.3 is 33.2 Å². The first-order valence-corrected chi connectivity index (χ1v) is 25.3. The van der Waals surface area contributed by atoms with Crippen molar-refractivity contribution in [2.45, 2.75) is 38.5 Å². The molecule has 1 aromatic heterocycles. The van der Waals surface area contributed by atoms with Gasteiger partial charge in [-0.25, -0.2) is 4.98 Å². The van der Waals surface area contributed by atoms with Gasteiger partial charge in [0.25, 0.3) is 0 Å². The van der Waals surface area contributed by atoms with Crippen molar-refractivity contribution >= 4 is 43.1 Å². The summed E-state index contributed by atoms with van der Waals surface area (Å²) in [7, 11) is 10.2. The van der Waals surface area contributed by atoms with E-state index in [9.17, 15) is 0 Å². The molecule has 0 radical (unpaired) electrons. The lowest BCUT2D eigenvalue weighted by molar-refractivity contribution is 0.312. The van der Waals surface area contributed by atoms with Crippen LogP contribution in [0.5, 0.6) is 40.2 Å². The molecule has 2 aliphatic rings. The van der Waals surface area contributed by atoms with E-state index >= 15 is 0 Å². The molecule has 74 heavy (non-hydrogen) atoms. The van der Waals surface area contributed by atoms with Gasteiger partial charge in [-0.3, -0.25) is 0 Å². The summed E-state index contributed by atoms with van der Waals surface area (Å²) in [6.45, 7) is 4.53. The Hall–Kier alpha value is -8.49. The van der Waals surface area contributed by atoms with Gasteiger partial charge in [0, 0.05) is 11.1 Å². The standard InChI is InChI=1S/C66H57NO7/c1-8-9-10-27-74-45-21-15-40(16-22-45)64-48-25-19-38-11-13-41(50-28-43-17-23-46(68-2)32-52(43)58-36-62(72-6)60(70-4)34-56(50)58)30-54(38)65(48)67-66-49(64)26-20-39-12-14-42(31-55(39)66)51-29-44-18-24-47(69-3)33-53(44)59-37-63(73-7)61(71-5)35-57(51)59/h8,11-18,21-24,28-37H,1,9-10,19-20,25-27H2,2-7H3. The molecule has 0 saturated carbocycles. The number of benzene rings is 9. The third-order valence-corrected chi connectivity index (χ3v) is 15.3. The highest BCUT2D eigenvalue weighted by molar-refractivity contribution is 6.16.